The van der Waals surface area contributed by atoms with E-state index in [1.54, 1.807) is 13.8 Å². The number of nitrogens with one attached hydrogen (secondary N) is 1. The Kier molecular flexibility index (Phi) is 9.14. The van der Waals surface area contributed by atoms with E-state index in [2.05, 4.69) is 41.4 Å². The molecule has 1 aromatic carbocycles. The highest BCUT2D eigenvalue weighted by Crippen LogP contribution is 2.25. The predicted molar refractivity (Wildman–Crippen MR) is 100 cm³/mol. The number of aryl methyl sites for hydroxylation is 1. The molecule has 0 radical (unpaired) electrons. The van der Waals surface area contributed by atoms with Gasteiger partial charge in [-0.25, -0.2) is 0 Å². The standard InChI is InChI=1S/C17H27N3O.2ClH/c1-13-6-8-14(9-7-13)15(20-10-4-5-11-20)12-19-16(21)17(2,3)18;;/h6-9,15H,4-5,10-12,18H2,1-3H3,(H,19,21);2*1H. The van der Waals surface area contributed by atoms with Crippen LogP contribution in [-0.2, 0) is 4.79 Å². The number of nitrogens with two attached hydrogens (primary N) is 1. The van der Waals surface area contributed by atoms with Gasteiger partial charge >= 0.3 is 0 Å². The highest BCUT2D eigenvalue weighted by Gasteiger charge is 2.26. The minimum absolute atomic E-state index is 0. The van der Waals surface area contributed by atoms with Gasteiger partial charge in [0.15, 0.2) is 0 Å². The van der Waals surface area contributed by atoms with Gasteiger partial charge < -0.3 is 11.1 Å². The molecule has 3 N–H and O–H groups in total. The van der Waals surface area contributed by atoms with E-state index in [4.69, 9.17) is 5.73 Å². The lowest BCUT2D eigenvalue weighted by Crippen LogP contribution is -2.50. The first kappa shape index (κ1) is 22.2. The number of amides is 1. The van der Waals surface area contributed by atoms with Crippen LogP contribution in [-0.4, -0.2) is 36.0 Å². The number of hydrogen-bond acceptors (Lipinski definition) is 3. The molecule has 1 amide bonds. The molecule has 0 aliphatic carbocycles. The summed E-state index contributed by atoms with van der Waals surface area (Å²) in [5, 5.41) is 3.01. The maximum absolute atomic E-state index is 12.0. The molecule has 4 nitrogen and oxygen atoms in total. The molecule has 0 spiro atoms. The Morgan fingerprint density at radius 1 is 1.22 bits per heavy atom. The van der Waals surface area contributed by atoms with Crippen LogP contribution in [0, 0.1) is 6.92 Å². The van der Waals surface area contributed by atoms with Gasteiger partial charge in [-0.05, 0) is 52.3 Å². The van der Waals surface area contributed by atoms with E-state index >= 15 is 0 Å². The summed E-state index contributed by atoms with van der Waals surface area (Å²) in [7, 11) is 0. The van der Waals surface area contributed by atoms with Gasteiger partial charge in [-0.2, -0.15) is 0 Å². The van der Waals surface area contributed by atoms with E-state index in [9.17, 15) is 4.79 Å². The number of benzene rings is 1. The Morgan fingerprint density at radius 3 is 2.22 bits per heavy atom. The molecule has 23 heavy (non-hydrogen) atoms. The number of likely N-dealkylation sites (tertiary alicyclic amines) is 1. The van der Waals surface area contributed by atoms with E-state index in [1.165, 1.54) is 24.0 Å². The molecule has 0 bridgehead atoms. The highest BCUT2D eigenvalue weighted by atomic mass is 35.5. The third kappa shape index (κ3) is 6.30. The van der Waals surface area contributed by atoms with Crippen molar-refractivity contribution in [3.05, 3.63) is 35.4 Å². The summed E-state index contributed by atoms with van der Waals surface area (Å²) in [5.41, 5.74) is 7.54. The van der Waals surface area contributed by atoms with Crippen molar-refractivity contribution in [2.45, 2.75) is 45.2 Å². The van der Waals surface area contributed by atoms with E-state index < -0.39 is 5.54 Å². The van der Waals surface area contributed by atoms with Crippen LogP contribution < -0.4 is 11.1 Å². The Bertz CT molecular complexity index is 480. The summed E-state index contributed by atoms with van der Waals surface area (Å²) < 4.78 is 0. The predicted octanol–water partition coefficient (Wildman–Crippen LogP) is 2.83. The van der Waals surface area contributed by atoms with Gasteiger partial charge in [0.05, 0.1) is 11.6 Å². The van der Waals surface area contributed by atoms with E-state index in [0.29, 0.717) is 6.54 Å². The maximum Gasteiger partial charge on any atom is 0.239 e. The number of halogens is 2. The largest absolute Gasteiger partial charge is 0.353 e. The minimum Gasteiger partial charge on any atom is -0.353 e. The van der Waals surface area contributed by atoms with Gasteiger partial charge in [-0.3, -0.25) is 9.69 Å². The first-order chi connectivity index (χ1) is 9.88. The van der Waals surface area contributed by atoms with Gasteiger partial charge in [0, 0.05) is 6.54 Å². The molecule has 1 heterocycles. The number of hydrogen-bond donors (Lipinski definition) is 2. The third-order valence-electron chi connectivity index (χ3n) is 4.08. The molecule has 1 aliphatic heterocycles. The van der Waals surface area contributed by atoms with Crippen LogP contribution in [0.2, 0.25) is 0 Å². The van der Waals surface area contributed by atoms with Crippen LogP contribution in [0.1, 0.15) is 43.9 Å². The summed E-state index contributed by atoms with van der Waals surface area (Å²) in [4.78, 5) is 14.5. The number of nitrogens with zero attached hydrogens (tertiary/aromatic N) is 1. The molecule has 0 aromatic heterocycles. The molecule has 6 heteroatoms. The second kappa shape index (κ2) is 9.48. The summed E-state index contributed by atoms with van der Waals surface area (Å²) >= 11 is 0. The van der Waals surface area contributed by atoms with E-state index in [-0.39, 0.29) is 36.8 Å². The third-order valence-corrected chi connectivity index (χ3v) is 4.08. The van der Waals surface area contributed by atoms with Gasteiger partial charge in [0.2, 0.25) is 5.91 Å². The number of carbonyl (C=O) groups is 1. The first-order valence-electron chi connectivity index (χ1n) is 7.76. The maximum atomic E-state index is 12.0. The zero-order valence-electron chi connectivity index (χ0n) is 14.2. The van der Waals surface area contributed by atoms with Crippen LogP contribution >= 0.6 is 24.8 Å². The van der Waals surface area contributed by atoms with Gasteiger partial charge in [-0.15, -0.1) is 24.8 Å². The van der Waals surface area contributed by atoms with E-state index in [1.807, 2.05) is 0 Å². The lowest BCUT2D eigenvalue weighted by Gasteiger charge is -2.29. The molecule has 132 valence electrons. The van der Waals surface area contributed by atoms with E-state index in [0.717, 1.165) is 13.1 Å². The first-order valence-corrected chi connectivity index (χ1v) is 7.76. The van der Waals surface area contributed by atoms with Gasteiger partial charge in [-0.1, -0.05) is 29.8 Å². The number of carbonyl (C=O) groups excluding carboxylic acids is 1. The monoisotopic (exact) mass is 361 g/mol. The lowest BCUT2D eigenvalue weighted by molar-refractivity contribution is -0.125. The van der Waals surface area contributed by atoms with Crippen LogP contribution in [0.5, 0.6) is 0 Å². The highest BCUT2D eigenvalue weighted by molar-refractivity contribution is 5.86. The summed E-state index contributed by atoms with van der Waals surface area (Å²) in [6.07, 6.45) is 2.47. The van der Waals surface area contributed by atoms with Crippen LogP contribution in [0.15, 0.2) is 24.3 Å². The zero-order chi connectivity index (χ0) is 15.5. The molecule has 1 fully saturated rings. The average molecular weight is 362 g/mol. The van der Waals surface area contributed by atoms with Crippen LogP contribution in [0.3, 0.4) is 0 Å². The zero-order valence-corrected chi connectivity index (χ0v) is 15.8. The SMILES string of the molecule is Cc1ccc(C(CNC(=O)C(C)(C)N)N2CCCC2)cc1.Cl.Cl. The van der Waals surface area contributed by atoms with Crippen molar-refractivity contribution in [2.75, 3.05) is 19.6 Å². The Balaban J connectivity index is 0.00000242. The van der Waals surface area contributed by atoms with Crippen molar-refractivity contribution in [1.82, 2.24) is 10.2 Å². The molecule has 1 aromatic rings. The summed E-state index contributed by atoms with van der Waals surface area (Å²) in [6.45, 7) is 8.37. The second-order valence-corrected chi connectivity index (χ2v) is 6.60. The molecule has 1 unspecified atom stereocenters. The van der Waals surface area contributed by atoms with Crippen molar-refractivity contribution in [3.8, 4) is 0 Å². The van der Waals surface area contributed by atoms with Crippen LogP contribution in [0.25, 0.3) is 0 Å². The Labute approximate surface area is 152 Å². The van der Waals surface area contributed by atoms with Gasteiger partial charge in [0.1, 0.15) is 0 Å². The fourth-order valence-electron chi connectivity index (χ4n) is 2.72. The lowest BCUT2D eigenvalue weighted by atomic mass is 10.0. The molecule has 1 atom stereocenters. The van der Waals surface area contributed by atoms with Crippen molar-refractivity contribution in [2.24, 2.45) is 5.73 Å². The minimum atomic E-state index is -0.831. The molecular formula is C17H29Cl2N3O. The smallest absolute Gasteiger partial charge is 0.239 e. The fraction of sp³-hybridized carbons (Fsp3) is 0.588. The summed E-state index contributed by atoms with van der Waals surface area (Å²) in [6, 6.07) is 8.83. The second-order valence-electron chi connectivity index (χ2n) is 6.60. The fourth-order valence-corrected chi connectivity index (χ4v) is 2.72. The topological polar surface area (TPSA) is 58.4 Å². The molecule has 1 saturated heterocycles. The Hall–Kier alpha value is -0.810. The number of rotatable bonds is 5. The van der Waals surface area contributed by atoms with Crippen molar-refractivity contribution in [1.29, 1.82) is 0 Å². The summed E-state index contributed by atoms with van der Waals surface area (Å²) in [5.74, 6) is -0.0983. The normalized spacial score (nSPS) is 16.2. The average Bonchev–Trinajstić information content (AvgIpc) is 2.93. The van der Waals surface area contributed by atoms with Crippen molar-refractivity contribution >= 4 is 30.7 Å². The van der Waals surface area contributed by atoms with Crippen molar-refractivity contribution < 1.29 is 4.79 Å². The van der Waals surface area contributed by atoms with Crippen LogP contribution in [0.4, 0.5) is 0 Å². The molecule has 0 saturated carbocycles. The quantitative estimate of drug-likeness (QED) is 0.847. The molecule has 2 rings (SSSR count). The molecular weight excluding hydrogens is 333 g/mol. The van der Waals surface area contributed by atoms with Crippen molar-refractivity contribution in [3.63, 3.8) is 0 Å². The Morgan fingerprint density at radius 2 is 1.74 bits per heavy atom. The van der Waals surface area contributed by atoms with Gasteiger partial charge in [0.25, 0.3) is 0 Å². The molecule has 1 aliphatic rings.